The van der Waals surface area contributed by atoms with Gasteiger partial charge < -0.3 is 14.5 Å². The predicted octanol–water partition coefficient (Wildman–Crippen LogP) is 3.94. The first-order valence-electron chi connectivity index (χ1n) is 11.1. The number of halogens is 2. The lowest BCUT2D eigenvalue weighted by Crippen LogP contribution is -2.34. The van der Waals surface area contributed by atoms with Crippen LogP contribution in [0.4, 0.5) is 14.5 Å². The summed E-state index contributed by atoms with van der Waals surface area (Å²) >= 11 is 0. The number of rotatable bonds is 3. The molecule has 0 bridgehead atoms. The molecule has 170 valence electrons. The van der Waals surface area contributed by atoms with E-state index in [-0.39, 0.29) is 23.1 Å². The second-order valence-corrected chi connectivity index (χ2v) is 9.68. The topological polar surface area (TPSA) is 58.6 Å². The third kappa shape index (κ3) is 3.74. The maximum Gasteiger partial charge on any atom is 0.280 e. The van der Waals surface area contributed by atoms with Crippen molar-refractivity contribution in [3.8, 4) is 0 Å². The highest BCUT2D eigenvalue weighted by Gasteiger charge is 2.37. The van der Waals surface area contributed by atoms with Gasteiger partial charge in [0.1, 0.15) is 5.69 Å². The summed E-state index contributed by atoms with van der Waals surface area (Å²) in [6.45, 7) is 9.13. The van der Waals surface area contributed by atoms with Gasteiger partial charge in [-0.05, 0) is 50.5 Å². The Balaban J connectivity index is 1.30. The monoisotopic (exact) mass is 442 g/mol. The summed E-state index contributed by atoms with van der Waals surface area (Å²) in [7, 11) is 0. The fourth-order valence-electron chi connectivity index (χ4n) is 5.10. The zero-order valence-corrected chi connectivity index (χ0v) is 18.7. The number of ether oxygens (including phenoxy) is 1. The number of alkyl halides is 2. The fraction of sp³-hybridized carbons (Fsp3) is 0.542. The Hall–Kier alpha value is -2.61. The molecule has 2 aromatic rings. The van der Waals surface area contributed by atoms with Crippen molar-refractivity contribution in [3.63, 3.8) is 0 Å². The number of carbonyl (C=O) groups excluding carboxylic acids is 1. The zero-order valence-electron chi connectivity index (χ0n) is 18.7. The van der Waals surface area contributed by atoms with E-state index in [4.69, 9.17) is 9.72 Å². The van der Waals surface area contributed by atoms with E-state index in [0.29, 0.717) is 44.9 Å². The van der Waals surface area contributed by atoms with Crippen LogP contribution in [0, 0.1) is 12.8 Å². The van der Waals surface area contributed by atoms with Crippen LogP contribution < -0.4 is 4.90 Å². The number of carbonyl (C=O) groups is 1. The maximum atomic E-state index is 13.3. The van der Waals surface area contributed by atoms with Crippen LogP contribution in [0.1, 0.15) is 60.5 Å². The second-order valence-electron chi connectivity index (χ2n) is 9.68. The summed E-state index contributed by atoms with van der Waals surface area (Å²) in [6, 6.07) is 3.15. The van der Waals surface area contributed by atoms with Gasteiger partial charge in [0.2, 0.25) is 5.91 Å². The number of hydrogen-bond acceptors (Lipinski definition) is 5. The molecule has 8 heteroatoms. The molecule has 0 radical (unpaired) electrons. The SMILES string of the molecule is Cc1c2c(nc3c1CN(C(=O)[C@@H]1CCN(c4ccnc(C(F)F)c4)C1)C3)CC(C)(C)OC2. The van der Waals surface area contributed by atoms with E-state index < -0.39 is 6.43 Å². The Bertz CT molecular complexity index is 1070. The van der Waals surface area contributed by atoms with E-state index in [1.165, 1.54) is 17.8 Å². The smallest absolute Gasteiger partial charge is 0.280 e. The number of amides is 1. The van der Waals surface area contributed by atoms with E-state index in [9.17, 15) is 13.6 Å². The number of aromatic nitrogens is 2. The van der Waals surface area contributed by atoms with Crippen LogP contribution in [-0.4, -0.2) is 39.5 Å². The van der Waals surface area contributed by atoms with E-state index >= 15 is 0 Å². The minimum atomic E-state index is -2.60. The van der Waals surface area contributed by atoms with Crippen molar-refractivity contribution in [2.24, 2.45) is 5.92 Å². The van der Waals surface area contributed by atoms with Gasteiger partial charge in [-0.25, -0.2) is 8.78 Å². The van der Waals surface area contributed by atoms with Crippen LogP contribution in [0.2, 0.25) is 0 Å². The largest absolute Gasteiger partial charge is 0.371 e. The summed E-state index contributed by atoms with van der Waals surface area (Å²) in [4.78, 5) is 25.9. The highest BCUT2D eigenvalue weighted by molar-refractivity contribution is 5.81. The molecule has 6 nitrogen and oxygen atoms in total. The van der Waals surface area contributed by atoms with Crippen molar-refractivity contribution < 1.29 is 18.3 Å². The van der Waals surface area contributed by atoms with Crippen molar-refractivity contribution in [1.82, 2.24) is 14.9 Å². The molecule has 3 aliphatic rings. The van der Waals surface area contributed by atoms with Gasteiger partial charge in [-0.1, -0.05) is 0 Å². The lowest BCUT2D eigenvalue weighted by molar-refractivity contribution is -0.135. The van der Waals surface area contributed by atoms with Gasteiger partial charge in [-0.3, -0.25) is 14.8 Å². The van der Waals surface area contributed by atoms with Crippen molar-refractivity contribution >= 4 is 11.6 Å². The Morgan fingerprint density at radius 2 is 2.06 bits per heavy atom. The van der Waals surface area contributed by atoms with Crippen LogP contribution in [-0.2, 0) is 35.6 Å². The molecule has 32 heavy (non-hydrogen) atoms. The van der Waals surface area contributed by atoms with E-state index in [2.05, 4.69) is 25.8 Å². The van der Waals surface area contributed by atoms with E-state index in [1.54, 1.807) is 6.07 Å². The predicted molar refractivity (Wildman–Crippen MR) is 115 cm³/mol. The van der Waals surface area contributed by atoms with Crippen LogP contribution in [0.25, 0.3) is 0 Å². The zero-order chi connectivity index (χ0) is 22.6. The summed E-state index contributed by atoms with van der Waals surface area (Å²) in [5.74, 6) is -0.0349. The maximum absolute atomic E-state index is 13.3. The Morgan fingerprint density at radius 3 is 2.84 bits per heavy atom. The number of hydrogen-bond donors (Lipinski definition) is 0. The Labute approximate surface area is 186 Å². The van der Waals surface area contributed by atoms with Crippen LogP contribution in [0.5, 0.6) is 0 Å². The summed E-state index contributed by atoms with van der Waals surface area (Å²) in [5, 5.41) is 0. The first kappa shape index (κ1) is 21.2. The average molecular weight is 443 g/mol. The molecule has 2 aromatic heterocycles. The first-order valence-corrected chi connectivity index (χ1v) is 11.1. The molecule has 3 aliphatic heterocycles. The molecular weight excluding hydrogens is 414 g/mol. The third-order valence-electron chi connectivity index (χ3n) is 6.96. The van der Waals surface area contributed by atoms with Gasteiger partial charge in [0.05, 0.1) is 30.4 Å². The molecule has 0 aromatic carbocycles. The first-order chi connectivity index (χ1) is 15.2. The molecule has 0 N–H and O–H groups in total. The lowest BCUT2D eigenvalue weighted by Gasteiger charge is -2.32. The van der Waals surface area contributed by atoms with Crippen molar-refractivity contribution in [2.45, 2.75) is 65.3 Å². The standard InChI is InChI=1S/C24H28F2N4O2/c1-14-17-11-30(12-21(17)28-20-9-24(2,3)32-13-18(14)20)23(31)15-5-7-29(10-15)16-4-6-27-19(8-16)22(25)26/h4,6,8,15,22H,5,7,9-13H2,1-3H3/t15-/m1/s1. The van der Waals surface area contributed by atoms with Gasteiger partial charge >= 0.3 is 0 Å². The molecule has 0 aliphatic carbocycles. The third-order valence-corrected chi connectivity index (χ3v) is 6.96. The van der Waals surface area contributed by atoms with Gasteiger partial charge in [-0.15, -0.1) is 0 Å². The van der Waals surface area contributed by atoms with Crippen molar-refractivity contribution in [3.05, 3.63) is 52.1 Å². The molecule has 5 rings (SSSR count). The van der Waals surface area contributed by atoms with Gasteiger partial charge in [0, 0.05) is 49.2 Å². The highest BCUT2D eigenvalue weighted by Crippen LogP contribution is 2.35. The quantitative estimate of drug-likeness (QED) is 0.721. The minimum Gasteiger partial charge on any atom is -0.371 e. The van der Waals surface area contributed by atoms with Crippen LogP contribution in [0.15, 0.2) is 18.3 Å². The van der Waals surface area contributed by atoms with Crippen molar-refractivity contribution in [2.75, 3.05) is 18.0 Å². The van der Waals surface area contributed by atoms with E-state index in [1.807, 2.05) is 9.80 Å². The van der Waals surface area contributed by atoms with Crippen molar-refractivity contribution in [1.29, 1.82) is 0 Å². The number of anilines is 1. The summed E-state index contributed by atoms with van der Waals surface area (Å²) < 4.78 is 32.0. The Kier molecular flexibility index (Phi) is 5.15. The van der Waals surface area contributed by atoms with E-state index in [0.717, 1.165) is 28.9 Å². The van der Waals surface area contributed by atoms with Crippen LogP contribution >= 0.6 is 0 Å². The summed E-state index contributed by atoms with van der Waals surface area (Å²) in [6.07, 6.45) is 0.289. The average Bonchev–Trinajstić information content (AvgIpc) is 3.40. The minimum absolute atomic E-state index is 0.114. The summed E-state index contributed by atoms with van der Waals surface area (Å²) in [5.41, 5.74) is 5.83. The lowest BCUT2D eigenvalue weighted by atomic mass is 9.91. The normalized spacial score (nSPS) is 21.8. The van der Waals surface area contributed by atoms with Gasteiger partial charge in [0.25, 0.3) is 6.43 Å². The molecule has 0 saturated carbocycles. The number of pyridine rings is 2. The Morgan fingerprint density at radius 1 is 1.25 bits per heavy atom. The van der Waals surface area contributed by atoms with Crippen LogP contribution in [0.3, 0.4) is 0 Å². The molecule has 1 saturated heterocycles. The molecule has 0 unspecified atom stereocenters. The number of fused-ring (bicyclic) bond motifs is 2. The molecule has 0 spiro atoms. The van der Waals surface area contributed by atoms with Gasteiger partial charge in [-0.2, -0.15) is 0 Å². The second kappa shape index (κ2) is 7.76. The molecular formula is C24H28F2N4O2. The molecule has 1 amide bonds. The molecule has 1 atom stereocenters. The van der Waals surface area contributed by atoms with Gasteiger partial charge in [0.15, 0.2) is 0 Å². The fourth-order valence-corrected chi connectivity index (χ4v) is 5.10. The molecule has 5 heterocycles. The highest BCUT2D eigenvalue weighted by atomic mass is 19.3. The number of nitrogens with zero attached hydrogens (tertiary/aromatic N) is 4. The molecule has 1 fully saturated rings.